The Bertz CT molecular complexity index is 7160. The smallest absolute Gasteiger partial charge is 0.281 e. The van der Waals surface area contributed by atoms with E-state index in [2.05, 4.69) is 131 Å². The van der Waals surface area contributed by atoms with Crippen LogP contribution in [0.25, 0.3) is 22.4 Å². The van der Waals surface area contributed by atoms with Crippen molar-refractivity contribution >= 4 is 122 Å². The summed E-state index contributed by atoms with van der Waals surface area (Å²) < 4.78 is 144. The maximum Gasteiger partial charge on any atom is 0.281 e. The molecule has 0 saturated carbocycles. The fourth-order valence-electron chi connectivity index (χ4n) is 17.6. The minimum atomic E-state index is -4.27. The van der Waals surface area contributed by atoms with Gasteiger partial charge in [-0.15, -0.1) is 0 Å². The number of halogens is 2. The second-order valence-electron chi connectivity index (χ2n) is 38.0. The topological polar surface area (TPSA) is 448 Å². The number of hydrogen-bond acceptors (Lipinski definition) is 29. The van der Waals surface area contributed by atoms with Crippen LogP contribution in [0.1, 0.15) is 181 Å². The zero-order chi connectivity index (χ0) is 103. The van der Waals surface area contributed by atoms with Crippen molar-refractivity contribution in [2.75, 3.05) is 75.8 Å². The minimum Gasteiger partial charge on any atom is -0.494 e. The molecule has 0 bridgehead atoms. The normalized spacial score (nSPS) is 17.0. The van der Waals surface area contributed by atoms with E-state index >= 15 is 0 Å². The number of rotatable bonds is 28. The Morgan fingerprint density at radius 2 is 1.01 bits per heavy atom. The van der Waals surface area contributed by atoms with Crippen LogP contribution < -0.4 is 69.5 Å². The van der Waals surface area contributed by atoms with E-state index in [1.165, 1.54) is 72.8 Å². The molecular weight excluding hydrogens is 1910 g/mol. The van der Waals surface area contributed by atoms with Crippen molar-refractivity contribution < 1.29 is 71.5 Å². The standard InChI is InChI=1S/C27H33N5O4S.C26H29FN4O4S.C26H30N4O4S.C24H26ClN5O3S/c1-6-36-21-11-17(2)10-19(12-21)20-13-22(25(29-15-20)32-16-18(3)14-27(32,4)5)26(33)31-37(34,35)24-9-7-8-23(28)30-24;1-16(2)15-35-21-12-18(11-19(27)13-21)24-8-7-23(25(29-24)31-10-9-17(31)3)26(32)30-36(33,34)22-6-4-5-20(28)14-22;1-18-16-26(3,4)30(17-18)24-21(12-9-15-27-24)25(31)29-35(32,33)23-14-8-13-22(28-23)34-19(2)20-10-6-5-7-11-20;1-16-14-24(2,3)30(15-16)22-19(9-6-12-26-22)23(31)29-34(32,33)21-11-5-10-20(28-21)27-18-8-4-7-17(25)13-18/h7-13,15,18H,6,14,16H2,1-5H3,(H2,28,30)(H,31,33);4-8,11-14,16-17H,9-10,15,28H2,1-3H3,(H,30,32);5-15,18-19H,16-17H2,1-4H3,(H,29,31);4-13,16H,14-15H2,1-3H3,(H,27,28)(H,29,31). The first kappa shape index (κ1) is 105. The summed E-state index contributed by atoms with van der Waals surface area (Å²) in [6.07, 6.45) is 8.30. The van der Waals surface area contributed by atoms with E-state index in [-0.39, 0.29) is 94.3 Å². The van der Waals surface area contributed by atoms with Crippen LogP contribution in [-0.4, -0.2) is 154 Å². The lowest BCUT2D eigenvalue weighted by atomic mass is 9.97. The zero-order valence-electron chi connectivity index (χ0n) is 81.6. The number of nitrogens with zero attached hydrogens (tertiary/aromatic N) is 11. The van der Waals surface area contributed by atoms with Gasteiger partial charge in [0.25, 0.3) is 63.7 Å². The van der Waals surface area contributed by atoms with Gasteiger partial charge in [0.15, 0.2) is 15.1 Å². The van der Waals surface area contributed by atoms with Gasteiger partial charge in [0.05, 0.1) is 46.1 Å². The number of amides is 4. The number of benzene rings is 5. The molecule has 4 amide bonds. The molecule has 0 radical (unpaired) electrons. The van der Waals surface area contributed by atoms with Crippen LogP contribution in [0.4, 0.5) is 50.7 Å². The van der Waals surface area contributed by atoms with Crippen LogP contribution >= 0.6 is 11.6 Å². The summed E-state index contributed by atoms with van der Waals surface area (Å²) in [7, 11) is -16.9. The molecule has 9 N–H and O–H groups in total. The predicted octanol–water partition coefficient (Wildman–Crippen LogP) is 17.4. The van der Waals surface area contributed by atoms with Crippen molar-refractivity contribution in [2.24, 2.45) is 23.7 Å². The minimum absolute atomic E-state index is 0.0389. The number of carbonyl (C=O) groups is 4. The van der Waals surface area contributed by atoms with E-state index in [1.54, 1.807) is 110 Å². The molecular formula is C103H118ClFN18O15S4. The molecule has 0 aliphatic carbocycles. The summed E-state index contributed by atoms with van der Waals surface area (Å²) >= 11 is 6.00. The Morgan fingerprint density at radius 1 is 0.493 bits per heavy atom. The van der Waals surface area contributed by atoms with Gasteiger partial charge in [-0.2, -0.15) is 30.2 Å². The largest absolute Gasteiger partial charge is 0.494 e. The monoisotopic (exact) mass is 2030 g/mol. The summed E-state index contributed by atoms with van der Waals surface area (Å²) in [6.45, 7) is 34.5. The first-order valence-electron chi connectivity index (χ1n) is 46.3. The van der Waals surface area contributed by atoms with Crippen LogP contribution in [0.15, 0.2) is 251 Å². The number of carbonyl (C=O) groups excluding carboxylic acids is 4. The molecule has 748 valence electrons. The third kappa shape index (κ3) is 26.2. The Balaban J connectivity index is 0.000000159. The quantitative estimate of drug-likeness (QED) is 0.0224. The van der Waals surface area contributed by atoms with E-state index < -0.39 is 69.5 Å². The van der Waals surface area contributed by atoms with E-state index in [1.807, 2.05) is 95.0 Å². The predicted molar refractivity (Wildman–Crippen MR) is 548 cm³/mol. The van der Waals surface area contributed by atoms with E-state index in [0.717, 1.165) is 55.5 Å². The van der Waals surface area contributed by atoms with Gasteiger partial charge in [-0.3, -0.25) is 19.2 Å². The summed E-state index contributed by atoms with van der Waals surface area (Å²) in [4.78, 5) is 91.3. The highest BCUT2D eigenvalue weighted by Crippen LogP contribution is 2.43. The molecule has 5 unspecified atom stereocenters. The van der Waals surface area contributed by atoms with E-state index in [0.29, 0.717) is 112 Å². The molecule has 142 heavy (non-hydrogen) atoms. The molecule has 11 heterocycles. The molecule has 7 aromatic heterocycles. The van der Waals surface area contributed by atoms with Crippen LogP contribution in [-0.2, 0) is 40.1 Å². The summed E-state index contributed by atoms with van der Waals surface area (Å²) in [5.74, 6) is 1.20. The molecule has 4 saturated heterocycles. The van der Waals surface area contributed by atoms with Crippen molar-refractivity contribution in [3.8, 4) is 39.8 Å². The van der Waals surface area contributed by atoms with Crippen LogP contribution in [0.2, 0.25) is 5.02 Å². The molecule has 4 fully saturated rings. The lowest BCUT2D eigenvalue weighted by Gasteiger charge is -2.40. The SMILES string of the molecule is CC(C)COc1cc(F)cc(-c2ccc(C(=O)NS(=O)(=O)c3cccc(N)c3)c(N3CCC3C)n2)c1.CC1CN(c2ncccc2C(=O)NS(=O)(=O)c2cccc(Nc3cccc(Cl)c3)n2)C(C)(C)C1.CC1CN(c2ncccc2C(=O)NS(=O)(=O)c2cccc(OC(C)c3ccccc3)n2)C(C)(C)C1.CCOc1cc(C)cc(-c2cnc(N3CC(C)CC3(C)C)c(C(=O)NS(=O)(=O)c3cccc(N)n3)c2)c1. The number of anilines is 8. The number of hydrogen-bond donors (Lipinski definition) is 7. The number of pyridine rings is 7. The molecule has 0 spiro atoms. The average Bonchev–Trinajstić information content (AvgIpc) is 1.68. The number of nitrogens with two attached hydrogens (primary N) is 2. The van der Waals surface area contributed by atoms with Crippen LogP contribution in [0.5, 0.6) is 17.4 Å². The maximum atomic E-state index is 14.4. The van der Waals surface area contributed by atoms with Crippen LogP contribution in [0.3, 0.4) is 0 Å². The molecule has 12 aromatic rings. The molecule has 4 aliphatic rings. The van der Waals surface area contributed by atoms with Gasteiger partial charge in [0.2, 0.25) is 5.88 Å². The number of ether oxygens (including phenoxy) is 3. The second-order valence-corrected chi connectivity index (χ2v) is 45.0. The van der Waals surface area contributed by atoms with Crippen molar-refractivity contribution in [1.29, 1.82) is 0 Å². The van der Waals surface area contributed by atoms with Gasteiger partial charge >= 0.3 is 0 Å². The number of nitrogen functional groups attached to an aromatic ring is 2. The number of nitrogens with one attached hydrogen (secondary N) is 5. The molecule has 33 nitrogen and oxygen atoms in total. The Morgan fingerprint density at radius 3 is 1.54 bits per heavy atom. The Hall–Kier alpha value is -14.0. The number of aryl methyl sites for hydroxylation is 1. The highest BCUT2D eigenvalue weighted by molar-refractivity contribution is 7.91. The molecule has 5 atom stereocenters. The van der Waals surface area contributed by atoms with Gasteiger partial charge in [-0.25, -0.2) is 61.6 Å². The lowest BCUT2D eigenvalue weighted by molar-refractivity contribution is 0.0972. The molecule has 5 aromatic carbocycles. The number of aromatic nitrogens is 7. The van der Waals surface area contributed by atoms with Gasteiger partial charge in [-0.05, 0) is 269 Å². The molecule has 4 aliphatic heterocycles. The third-order valence-electron chi connectivity index (χ3n) is 24.0. The highest BCUT2D eigenvalue weighted by atomic mass is 35.5. The summed E-state index contributed by atoms with van der Waals surface area (Å²) in [5, 5.41) is 2.63. The average molecular weight is 2030 g/mol. The van der Waals surface area contributed by atoms with Gasteiger partial charge in [0.1, 0.15) is 58.3 Å². The fraction of sp³-hybridized carbons (Fsp3) is 0.330. The van der Waals surface area contributed by atoms with Gasteiger partial charge < -0.3 is 50.6 Å². The summed E-state index contributed by atoms with van der Waals surface area (Å²) in [6, 6.07) is 56.7. The highest BCUT2D eigenvalue weighted by Gasteiger charge is 2.43. The lowest BCUT2D eigenvalue weighted by Crippen LogP contribution is -2.47. The Kier molecular flexibility index (Phi) is 32.7. The van der Waals surface area contributed by atoms with Crippen molar-refractivity contribution in [1.82, 2.24) is 53.8 Å². The maximum absolute atomic E-state index is 14.4. The van der Waals surface area contributed by atoms with Crippen molar-refractivity contribution in [3.05, 3.63) is 275 Å². The Labute approximate surface area is 833 Å². The first-order valence-corrected chi connectivity index (χ1v) is 52.6. The second kappa shape index (κ2) is 44.1. The first-order chi connectivity index (χ1) is 67.0. The van der Waals surface area contributed by atoms with E-state index in [4.69, 9.17) is 42.3 Å². The molecule has 16 rings (SSSR count). The number of sulfonamides is 4. The van der Waals surface area contributed by atoms with Crippen LogP contribution in [0, 0.1) is 36.4 Å². The summed E-state index contributed by atoms with van der Waals surface area (Å²) in [5.41, 5.74) is 16.6. The third-order valence-corrected chi connectivity index (χ3v) is 29.3. The van der Waals surface area contributed by atoms with E-state index in [9.17, 15) is 57.2 Å². The zero-order valence-corrected chi connectivity index (χ0v) is 85.6. The van der Waals surface area contributed by atoms with Crippen molar-refractivity contribution in [2.45, 2.75) is 178 Å². The fourth-order valence-corrected chi connectivity index (χ4v) is 21.6. The van der Waals surface area contributed by atoms with Gasteiger partial charge in [0, 0.05) is 107 Å². The van der Waals surface area contributed by atoms with Crippen molar-refractivity contribution in [3.63, 3.8) is 0 Å². The van der Waals surface area contributed by atoms with Gasteiger partial charge in [-0.1, -0.05) is 113 Å². The molecule has 39 heteroatoms.